The lowest BCUT2D eigenvalue weighted by Crippen LogP contribution is -2.45. The third-order valence-electron chi connectivity index (χ3n) is 6.01. The number of carbonyl (C=O) groups excluding carboxylic acids is 1. The zero-order valence-corrected chi connectivity index (χ0v) is 17.0. The number of aromatic nitrogens is 2. The van der Waals surface area contributed by atoms with Gasteiger partial charge in [-0.15, -0.1) is 11.3 Å². The minimum atomic E-state index is -0.162. The van der Waals surface area contributed by atoms with Gasteiger partial charge in [0.2, 0.25) is 5.91 Å². The van der Waals surface area contributed by atoms with Crippen molar-refractivity contribution in [2.24, 2.45) is 11.8 Å². The summed E-state index contributed by atoms with van der Waals surface area (Å²) in [5, 5.41) is 5.69. The molecule has 2 aromatic heterocycles. The van der Waals surface area contributed by atoms with Crippen molar-refractivity contribution in [1.29, 1.82) is 0 Å². The Labute approximate surface area is 168 Å². The maximum Gasteiger partial charge on any atom is 0.263 e. The summed E-state index contributed by atoms with van der Waals surface area (Å²) in [5.74, 6) is 0.946. The number of benzene rings is 1. The van der Waals surface area contributed by atoms with Crippen LogP contribution < -0.4 is 10.9 Å². The number of nitrogens with one attached hydrogen (secondary N) is 1. The van der Waals surface area contributed by atoms with Gasteiger partial charge in [0.25, 0.3) is 5.56 Å². The quantitative estimate of drug-likeness (QED) is 0.724. The van der Waals surface area contributed by atoms with Crippen molar-refractivity contribution in [1.82, 2.24) is 14.9 Å². The van der Waals surface area contributed by atoms with Crippen LogP contribution >= 0.6 is 11.3 Å². The number of carbonyl (C=O) groups is 1. The number of hydrogen-bond donors (Lipinski definition) is 1. The molecule has 5 nitrogen and oxygen atoms in total. The van der Waals surface area contributed by atoms with Crippen molar-refractivity contribution in [2.75, 3.05) is 0 Å². The maximum atomic E-state index is 13.1. The molecule has 1 aliphatic rings. The fourth-order valence-corrected chi connectivity index (χ4v) is 5.01. The van der Waals surface area contributed by atoms with Crippen LogP contribution in [0.3, 0.4) is 0 Å². The molecule has 1 amide bonds. The normalized spacial score (nSPS) is 22.3. The van der Waals surface area contributed by atoms with Gasteiger partial charge in [-0.3, -0.25) is 14.2 Å². The Morgan fingerprint density at radius 1 is 1.25 bits per heavy atom. The Morgan fingerprint density at radius 2 is 2.04 bits per heavy atom. The van der Waals surface area contributed by atoms with Gasteiger partial charge >= 0.3 is 0 Å². The van der Waals surface area contributed by atoms with Crippen molar-refractivity contribution >= 4 is 27.5 Å². The van der Waals surface area contributed by atoms with Crippen molar-refractivity contribution in [2.45, 2.75) is 45.7 Å². The summed E-state index contributed by atoms with van der Waals surface area (Å²) in [4.78, 5) is 30.8. The van der Waals surface area contributed by atoms with Gasteiger partial charge in [-0.1, -0.05) is 57.0 Å². The summed E-state index contributed by atoms with van der Waals surface area (Å²) in [6.07, 6.45) is 4.85. The second-order valence-electron chi connectivity index (χ2n) is 7.81. The van der Waals surface area contributed by atoms with E-state index < -0.39 is 0 Å². The van der Waals surface area contributed by atoms with Crippen molar-refractivity contribution < 1.29 is 4.79 Å². The molecular weight excluding hydrogens is 370 g/mol. The van der Waals surface area contributed by atoms with Gasteiger partial charge in [0.15, 0.2) is 0 Å². The molecule has 1 aromatic carbocycles. The monoisotopic (exact) mass is 395 g/mol. The summed E-state index contributed by atoms with van der Waals surface area (Å²) in [7, 11) is 0. The highest BCUT2D eigenvalue weighted by molar-refractivity contribution is 7.17. The first-order chi connectivity index (χ1) is 13.5. The van der Waals surface area contributed by atoms with Crippen LogP contribution in [-0.4, -0.2) is 21.5 Å². The lowest BCUT2D eigenvalue weighted by molar-refractivity contribution is -0.123. The highest BCUT2D eigenvalue weighted by Gasteiger charge is 2.28. The molecule has 1 saturated carbocycles. The van der Waals surface area contributed by atoms with Gasteiger partial charge in [-0.25, -0.2) is 4.98 Å². The van der Waals surface area contributed by atoms with Crippen molar-refractivity contribution in [3.63, 3.8) is 0 Å². The van der Waals surface area contributed by atoms with Crippen LogP contribution in [0.15, 0.2) is 46.8 Å². The molecule has 1 fully saturated rings. The molecule has 0 aliphatic heterocycles. The molecule has 1 N–H and O–H groups in total. The number of rotatable bonds is 4. The van der Waals surface area contributed by atoms with E-state index in [0.717, 1.165) is 24.0 Å². The first kappa shape index (κ1) is 18.9. The average molecular weight is 396 g/mol. The first-order valence-electron chi connectivity index (χ1n) is 9.86. The summed E-state index contributed by atoms with van der Waals surface area (Å²) in [6, 6.07) is 10.0. The van der Waals surface area contributed by atoms with E-state index in [0.29, 0.717) is 22.1 Å². The largest absolute Gasteiger partial charge is 0.352 e. The number of amides is 1. The van der Waals surface area contributed by atoms with Gasteiger partial charge in [0, 0.05) is 17.0 Å². The highest BCUT2D eigenvalue weighted by Crippen LogP contribution is 2.31. The van der Waals surface area contributed by atoms with Crippen LogP contribution in [0.1, 0.15) is 33.1 Å². The van der Waals surface area contributed by atoms with Crippen LogP contribution in [0, 0.1) is 11.8 Å². The zero-order valence-electron chi connectivity index (χ0n) is 16.2. The smallest absolute Gasteiger partial charge is 0.263 e. The maximum absolute atomic E-state index is 13.1. The summed E-state index contributed by atoms with van der Waals surface area (Å²) in [6.45, 7) is 4.45. The zero-order chi connectivity index (χ0) is 19.7. The van der Waals surface area contributed by atoms with Gasteiger partial charge in [-0.05, 0) is 23.8 Å². The van der Waals surface area contributed by atoms with E-state index in [2.05, 4.69) is 24.1 Å². The minimum absolute atomic E-state index is 0.00342. The molecule has 2 heterocycles. The lowest BCUT2D eigenvalue weighted by atomic mass is 9.78. The molecule has 28 heavy (non-hydrogen) atoms. The Balaban J connectivity index is 1.58. The molecule has 0 saturated heterocycles. The SMILES string of the molecule is CC1CCCC(NC(=O)Cn2cnc3scc(-c4ccccc4)c3c2=O)C1C. The number of nitrogens with zero attached hydrogens (tertiary/aromatic N) is 2. The van der Waals surface area contributed by atoms with Crippen LogP contribution in [0.4, 0.5) is 0 Å². The van der Waals surface area contributed by atoms with Crippen LogP contribution in [0.2, 0.25) is 0 Å². The van der Waals surface area contributed by atoms with E-state index in [1.165, 1.54) is 28.7 Å². The first-order valence-corrected chi connectivity index (χ1v) is 10.7. The molecule has 4 rings (SSSR count). The lowest BCUT2D eigenvalue weighted by Gasteiger charge is -2.34. The van der Waals surface area contributed by atoms with E-state index in [1.54, 1.807) is 0 Å². The third kappa shape index (κ3) is 3.61. The van der Waals surface area contributed by atoms with Crippen LogP contribution in [0.5, 0.6) is 0 Å². The topological polar surface area (TPSA) is 64.0 Å². The van der Waals surface area contributed by atoms with Gasteiger partial charge in [-0.2, -0.15) is 0 Å². The van der Waals surface area contributed by atoms with Gasteiger partial charge < -0.3 is 5.32 Å². The molecule has 3 atom stereocenters. The van der Waals surface area contributed by atoms with Crippen LogP contribution in [0.25, 0.3) is 21.3 Å². The molecule has 3 aromatic rings. The average Bonchev–Trinajstić information content (AvgIpc) is 3.13. The van der Waals surface area contributed by atoms with E-state index >= 15 is 0 Å². The minimum Gasteiger partial charge on any atom is -0.352 e. The summed E-state index contributed by atoms with van der Waals surface area (Å²) < 4.78 is 1.42. The van der Waals surface area contributed by atoms with Crippen LogP contribution in [-0.2, 0) is 11.3 Å². The van der Waals surface area contributed by atoms with E-state index in [9.17, 15) is 9.59 Å². The Kier molecular flexibility index (Phi) is 5.31. The summed E-state index contributed by atoms with van der Waals surface area (Å²) >= 11 is 1.45. The number of fused-ring (bicyclic) bond motifs is 1. The predicted octanol–water partition coefficient (Wildman–Crippen LogP) is 4.07. The molecule has 0 radical (unpaired) electrons. The Hall–Kier alpha value is -2.47. The number of thiophene rings is 1. The highest BCUT2D eigenvalue weighted by atomic mass is 32.1. The van der Waals surface area contributed by atoms with Gasteiger partial charge in [0.1, 0.15) is 11.4 Å². The second-order valence-corrected chi connectivity index (χ2v) is 8.67. The van der Waals surface area contributed by atoms with Crippen molar-refractivity contribution in [3.8, 4) is 11.1 Å². The molecule has 146 valence electrons. The third-order valence-corrected chi connectivity index (χ3v) is 6.90. The molecule has 0 spiro atoms. The number of hydrogen-bond acceptors (Lipinski definition) is 4. The molecule has 1 aliphatic carbocycles. The molecular formula is C22H25N3O2S. The van der Waals surface area contributed by atoms with Gasteiger partial charge in [0.05, 0.1) is 11.7 Å². The Morgan fingerprint density at radius 3 is 2.82 bits per heavy atom. The second kappa shape index (κ2) is 7.87. The fourth-order valence-electron chi connectivity index (χ4n) is 4.10. The van der Waals surface area contributed by atoms with Crippen molar-refractivity contribution in [3.05, 3.63) is 52.4 Å². The Bertz CT molecular complexity index is 1040. The van der Waals surface area contributed by atoms with E-state index in [1.807, 2.05) is 35.7 Å². The predicted molar refractivity (Wildman–Crippen MR) is 113 cm³/mol. The fraction of sp³-hybridized carbons (Fsp3) is 0.409. The molecule has 6 heteroatoms. The standard InChI is InChI=1S/C22H25N3O2S/c1-14-7-6-10-18(15(14)2)24-19(26)11-25-13-23-21-20(22(25)27)17(12-28-21)16-8-4-3-5-9-16/h3-5,8-9,12-15,18H,6-7,10-11H2,1-2H3,(H,24,26). The summed E-state index contributed by atoms with van der Waals surface area (Å²) in [5.41, 5.74) is 1.70. The molecule has 3 unspecified atom stereocenters. The molecule has 0 bridgehead atoms. The van der Waals surface area contributed by atoms with E-state index in [4.69, 9.17) is 0 Å². The van der Waals surface area contributed by atoms with E-state index in [-0.39, 0.29) is 24.1 Å².